The molecule has 0 radical (unpaired) electrons. The number of hydrogen-bond donors (Lipinski definition) is 1. The summed E-state index contributed by atoms with van der Waals surface area (Å²) in [5.74, 6) is 5.75. The Morgan fingerprint density at radius 3 is 2.81 bits per heavy atom. The molecule has 1 aromatic heterocycles. The maximum atomic E-state index is 13.5. The van der Waals surface area contributed by atoms with Gasteiger partial charge in [0.15, 0.2) is 6.10 Å². The highest BCUT2D eigenvalue weighted by molar-refractivity contribution is 5.71. The first-order valence-corrected chi connectivity index (χ1v) is 8.41. The molecule has 1 amide bonds. The maximum Gasteiger partial charge on any atom is 0.408 e. The van der Waals surface area contributed by atoms with Crippen molar-refractivity contribution in [1.29, 1.82) is 0 Å². The highest BCUT2D eigenvalue weighted by atomic mass is 19.1. The fourth-order valence-electron chi connectivity index (χ4n) is 3.17. The van der Waals surface area contributed by atoms with Gasteiger partial charge < -0.3 is 10.1 Å². The molecule has 1 aliphatic carbocycles. The Bertz CT molecular complexity index is 900. The van der Waals surface area contributed by atoms with Crippen LogP contribution in [0.5, 0.6) is 0 Å². The predicted octanol–water partition coefficient (Wildman–Crippen LogP) is 3.84. The molecule has 6 heteroatoms. The van der Waals surface area contributed by atoms with E-state index in [0.717, 1.165) is 0 Å². The number of rotatable bonds is 2. The van der Waals surface area contributed by atoms with E-state index in [2.05, 4.69) is 22.1 Å². The number of nitrogens with zero attached hydrogens (tertiary/aromatic N) is 1. The Labute approximate surface area is 149 Å². The summed E-state index contributed by atoms with van der Waals surface area (Å²) >= 11 is 0. The molecule has 26 heavy (non-hydrogen) atoms. The van der Waals surface area contributed by atoms with Gasteiger partial charge in [-0.25, -0.2) is 13.6 Å². The SMILES string of the molecule is O=C1NC(c2cncc(C#CC3CC(F)C3)c2)C(c2cccc(F)c2)O1. The number of carbonyl (C=O) groups is 1. The first-order valence-electron chi connectivity index (χ1n) is 8.41. The van der Waals surface area contributed by atoms with Crippen molar-refractivity contribution < 1.29 is 18.3 Å². The molecular weight excluding hydrogens is 338 g/mol. The monoisotopic (exact) mass is 354 g/mol. The van der Waals surface area contributed by atoms with Crippen molar-refractivity contribution in [3.05, 3.63) is 65.2 Å². The predicted molar refractivity (Wildman–Crippen MR) is 90.2 cm³/mol. The summed E-state index contributed by atoms with van der Waals surface area (Å²) in [6, 6.07) is 7.30. The topological polar surface area (TPSA) is 51.2 Å². The van der Waals surface area contributed by atoms with Crippen LogP contribution in [0.15, 0.2) is 42.7 Å². The fraction of sp³-hybridized carbons (Fsp3) is 0.300. The van der Waals surface area contributed by atoms with Gasteiger partial charge in [-0.3, -0.25) is 4.98 Å². The number of ether oxygens (including phenoxy) is 1. The minimum atomic E-state index is -0.739. The molecule has 2 heterocycles. The van der Waals surface area contributed by atoms with Gasteiger partial charge >= 0.3 is 6.09 Å². The molecule has 2 aromatic rings. The first kappa shape index (κ1) is 16.5. The summed E-state index contributed by atoms with van der Waals surface area (Å²) in [5, 5.41) is 2.74. The Kier molecular flexibility index (Phi) is 4.29. The normalized spacial score (nSPS) is 26.9. The molecule has 1 aliphatic heterocycles. The Hall–Kier alpha value is -2.94. The van der Waals surface area contributed by atoms with E-state index in [4.69, 9.17) is 4.74 Å². The summed E-state index contributed by atoms with van der Waals surface area (Å²) in [6.07, 6.45) is 2.25. The van der Waals surface area contributed by atoms with Crippen molar-refractivity contribution in [2.24, 2.45) is 5.92 Å². The van der Waals surface area contributed by atoms with Crippen LogP contribution in [0, 0.1) is 23.6 Å². The van der Waals surface area contributed by atoms with Crippen LogP contribution in [0.3, 0.4) is 0 Å². The molecule has 1 N–H and O–H groups in total. The molecule has 132 valence electrons. The number of alkyl carbamates (subject to hydrolysis) is 1. The molecule has 0 spiro atoms. The number of hydrogen-bond acceptors (Lipinski definition) is 3. The molecule has 4 nitrogen and oxygen atoms in total. The van der Waals surface area contributed by atoms with Gasteiger partial charge in [-0.15, -0.1) is 0 Å². The molecule has 4 rings (SSSR count). The minimum Gasteiger partial charge on any atom is -0.439 e. The largest absolute Gasteiger partial charge is 0.439 e. The molecule has 2 unspecified atom stereocenters. The average Bonchev–Trinajstić information content (AvgIpc) is 3.00. The number of carbonyl (C=O) groups excluding carboxylic acids is 1. The second kappa shape index (κ2) is 6.75. The van der Waals surface area contributed by atoms with Gasteiger partial charge in [0.1, 0.15) is 18.0 Å². The number of nitrogens with one attached hydrogen (secondary N) is 1. The molecular formula is C20H16F2N2O2. The van der Waals surface area contributed by atoms with E-state index in [1.807, 2.05) is 6.07 Å². The van der Waals surface area contributed by atoms with E-state index in [1.165, 1.54) is 12.1 Å². The van der Waals surface area contributed by atoms with Gasteiger partial charge in [0, 0.05) is 23.9 Å². The third kappa shape index (κ3) is 3.38. The number of cyclic esters (lactones) is 1. The zero-order valence-electron chi connectivity index (χ0n) is 13.8. The molecule has 1 aromatic carbocycles. The van der Waals surface area contributed by atoms with E-state index in [9.17, 15) is 13.6 Å². The van der Waals surface area contributed by atoms with E-state index in [0.29, 0.717) is 29.5 Å². The number of benzene rings is 1. The second-order valence-electron chi connectivity index (χ2n) is 6.54. The number of amides is 1. The van der Waals surface area contributed by atoms with Crippen molar-refractivity contribution in [2.45, 2.75) is 31.2 Å². The van der Waals surface area contributed by atoms with Crippen LogP contribution in [0.2, 0.25) is 0 Å². The lowest BCUT2D eigenvalue weighted by Gasteiger charge is -2.24. The van der Waals surface area contributed by atoms with Crippen molar-refractivity contribution in [1.82, 2.24) is 10.3 Å². The van der Waals surface area contributed by atoms with Crippen LogP contribution in [-0.2, 0) is 4.74 Å². The van der Waals surface area contributed by atoms with Crippen LogP contribution >= 0.6 is 0 Å². The van der Waals surface area contributed by atoms with Gasteiger partial charge in [-0.05, 0) is 42.2 Å². The van der Waals surface area contributed by atoms with E-state index < -0.39 is 30.2 Å². The molecule has 0 bridgehead atoms. The summed E-state index contributed by atoms with van der Waals surface area (Å²) in [7, 11) is 0. The van der Waals surface area contributed by atoms with Gasteiger partial charge in [0.05, 0.1) is 0 Å². The number of aromatic nitrogens is 1. The Morgan fingerprint density at radius 1 is 1.19 bits per heavy atom. The van der Waals surface area contributed by atoms with Crippen molar-refractivity contribution in [2.75, 3.05) is 0 Å². The molecule has 2 aliphatic rings. The Balaban J connectivity index is 1.59. The van der Waals surface area contributed by atoms with Crippen LogP contribution < -0.4 is 5.32 Å². The van der Waals surface area contributed by atoms with Crippen LogP contribution in [-0.4, -0.2) is 17.2 Å². The molecule has 2 fully saturated rings. The zero-order valence-corrected chi connectivity index (χ0v) is 13.8. The zero-order chi connectivity index (χ0) is 18.1. The molecule has 1 saturated heterocycles. The molecule has 2 atom stereocenters. The lowest BCUT2D eigenvalue weighted by molar-refractivity contribution is 0.132. The summed E-state index contributed by atoms with van der Waals surface area (Å²) in [5.41, 5.74) is 1.96. The van der Waals surface area contributed by atoms with Crippen LogP contribution in [0.4, 0.5) is 13.6 Å². The molecule has 1 saturated carbocycles. The first-order chi connectivity index (χ1) is 12.6. The third-order valence-corrected chi connectivity index (χ3v) is 4.61. The highest BCUT2D eigenvalue weighted by Gasteiger charge is 2.36. The van der Waals surface area contributed by atoms with Crippen molar-refractivity contribution in [3.63, 3.8) is 0 Å². The van der Waals surface area contributed by atoms with Gasteiger partial charge in [-0.1, -0.05) is 24.0 Å². The Morgan fingerprint density at radius 2 is 2.04 bits per heavy atom. The van der Waals surface area contributed by atoms with Gasteiger partial charge in [-0.2, -0.15) is 0 Å². The van der Waals surface area contributed by atoms with Gasteiger partial charge in [0.25, 0.3) is 0 Å². The fourth-order valence-corrected chi connectivity index (χ4v) is 3.17. The highest BCUT2D eigenvalue weighted by Crippen LogP contribution is 2.36. The average molecular weight is 354 g/mol. The summed E-state index contributed by atoms with van der Waals surface area (Å²) in [4.78, 5) is 15.9. The van der Waals surface area contributed by atoms with Crippen molar-refractivity contribution in [3.8, 4) is 11.8 Å². The summed E-state index contributed by atoms with van der Waals surface area (Å²) < 4.78 is 31.7. The smallest absolute Gasteiger partial charge is 0.408 e. The second-order valence-corrected chi connectivity index (χ2v) is 6.54. The van der Waals surface area contributed by atoms with Crippen molar-refractivity contribution >= 4 is 6.09 Å². The van der Waals surface area contributed by atoms with Crippen LogP contribution in [0.25, 0.3) is 0 Å². The van der Waals surface area contributed by atoms with E-state index >= 15 is 0 Å². The number of halogens is 2. The number of pyridine rings is 1. The quantitative estimate of drug-likeness (QED) is 0.834. The van der Waals surface area contributed by atoms with Gasteiger partial charge in [0.2, 0.25) is 0 Å². The van der Waals surface area contributed by atoms with Crippen LogP contribution in [0.1, 0.15) is 41.7 Å². The minimum absolute atomic E-state index is 0.0863. The van der Waals surface area contributed by atoms with E-state index in [-0.39, 0.29) is 5.92 Å². The lowest BCUT2D eigenvalue weighted by Crippen LogP contribution is -2.23. The standard InChI is InChI=1S/C20H16F2N2O2/c21-16-3-1-2-14(9-16)19-18(24-20(25)26-19)15-6-13(10-23-11-15)5-4-12-7-17(22)8-12/h1-3,6,9-12,17-19H,7-8H2,(H,24,25). The van der Waals surface area contributed by atoms with E-state index in [1.54, 1.807) is 24.5 Å². The maximum absolute atomic E-state index is 13.5. The summed E-state index contributed by atoms with van der Waals surface area (Å²) in [6.45, 7) is 0. The third-order valence-electron chi connectivity index (χ3n) is 4.61. The number of alkyl halides is 1. The lowest BCUT2D eigenvalue weighted by atomic mass is 9.84.